The lowest BCUT2D eigenvalue weighted by Gasteiger charge is -2.37. The first kappa shape index (κ1) is 19.9. The van der Waals surface area contributed by atoms with Gasteiger partial charge < -0.3 is 15.4 Å². The zero-order valence-electron chi connectivity index (χ0n) is 15.8. The van der Waals surface area contributed by atoms with Crippen molar-refractivity contribution >= 4 is 17.2 Å². The number of benzene rings is 1. The van der Waals surface area contributed by atoms with Gasteiger partial charge in [-0.1, -0.05) is 12.1 Å². The van der Waals surface area contributed by atoms with Gasteiger partial charge in [0.05, 0.1) is 17.3 Å². The zero-order valence-corrected chi connectivity index (χ0v) is 16.6. The molecule has 7 heteroatoms. The molecule has 0 unspecified atom stereocenters. The topological polar surface area (TPSA) is 63.2 Å². The molecule has 1 saturated heterocycles. The van der Waals surface area contributed by atoms with Crippen LogP contribution in [0.4, 0.5) is 4.39 Å². The van der Waals surface area contributed by atoms with Gasteiger partial charge in [0.25, 0.3) is 5.91 Å². The maximum atomic E-state index is 13.0. The van der Waals surface area contributed by atoms with Crippen molar-refractivity contribution in [1.29, 1.82) is 0 Å². The molecule has 1 aliphatic heterocycles. The monoisotopic (exact) mass is 391 g/mol. The summed E-state index contributed by atoms with van der Waals surface area (Å²) in [6, 6.07) is 6.38. The van der Waals surface area contributed by atoms with Gasteiger partial charge in [0.2, 0.25) is 0 Å². The summed E-state index contributed by atoms with van der Waals surface area (Å²) in [5.41, 5.74) is 1.71. The van der Waals surface area contributed by atoms with E-state index in [0.717, 1.165) is 42.2 Å². The number of aryl methyl sites for hydroxylation is 1. The lowest BCUT2D eigenvalue weighted by molar-refractivity contribution is 0.0512. The quantitative estimate of drug-likeness (QED) is 0.762. The molecule has 0 aliphatic carbocycles. The van der Waals surface area contributed by atoms with Crippen molar-refractivity contribution in [3.8, 4) is 0 Å². The number of rotatable bonds is 7. The van der Waals surface area contributed by atoms with Crippen molar-refractivity contribution in [2.75, 3.05) is 33.4 Å². The summed E-state index contributed by atoms with van der Waals surface area (Å²) in [6.07, 6.45) is 2.57. The number of piperidine rings is 1. The van der Waals surface area contributed by atoms with E-state index in [1.807, 2.05) is 6.92 Å². The lowest BCUT2D eigenvalue weighted by Crippen LogP contribution is -2.47. The van der Waals surface area contributed by atoms with Gasteiger partial charge in [0, 0.05) is 25.5 Å². The van der Waals surface area contributed by atoms with E-state index in [2.05, 4.69) is 15.6 Å². The van der Waals surface area contributed by atoms with Crippen LogP contribution in [0.5, 0.6) is 0 Å². The Balaban J connectivity index is 1.64. The van der Waals surface area contributed by atoms with E-state index >= 15 is 0 Å². The van der Waals surface area contributed by atoms with Gasteiger partial charge >= 0.3 is 0 Å². The predicted molar refractivity (Wildman–Crippen MR) is 105 cm³/mol. The van der Waals surface area contributed by atoms with Crippen LogP contribution in [-0.4, -0.2) is 44.2 Å². The molecule has 0 atom stereocenters. The minimum atomic E-state index is -0.253. The van der Waals surface area contributed by atoms with Crippen molar-refractivity contribution in [2.24, 2.45) is 5.41 Å². The van der Waals surface area contributed by atoms with Gasteiger partial charge in [-0.3, -0.25) is 4.79 Å². The van der Waals surface area contributed by atoms with Crippen LogP contribution in [0.1, 0.15) is 38.8 Å². The predicted octanol–water partition coefficient (Wildman–Crippen LogP) is 2.93. The fourth-order valence-electron chi connectivity index (χ4n) is 3.50. The maximum absolute atomic E-state index is 13.0. The number of nitrogens with one attached hydrogen (secondary N) is 2. The van der Waals surface area contributed by atoms with Gasteiger partial charge in [0.1, 0.15) is 10.7 Å². The highest BCUT2D eigenvalue weighted by Gasteiger charge is 2.33. The van der Waals surface area contributed by atoms with Crippen molar-refractivity contribution in [2.45, 2.75) is 26.2 Å². The average Bonchev–Trinajstić information content (AvgIpc) is 3.03. The standard InChI is InChI=1S/C20H26FN3O2S/c1-14-18(27-17(24-14)11-15-3-5-16(21)6-4-15)19(25)23-12-20(13-26-2)7-9-22-10-8-20/h3-6,22H,7-13H2,1-2H3,(H,23,25). The molecule has 0 saturated carbocycles. The van der Waals surface area contributed by atoms with Crippen LogP contribution in [0.15, 0.2) is 24.3 Å². The molecule has 2 N–H and O–H groups in total. The number of hydrogen-bond acceptors (Lipinski definition) is 5. The van der Waals surface area contributed by atoms with Crippen LogP contribution >= 0.6 is 11.3 Å². The van der Waals surface area contributed by atoms with Crippen molar-refractivity contribution < 1.29 is 13.9 Å². The van der Waals surface area contributed by atoms with E-state index in [0.29, 0.717) is 24.4 Å². The molecule has 5 nitrogen and oxygen atoms in total. The fraction of sp³-hybridized carbons (Fsp3) is 0.500. The summed E-state index contributed by atoms with van der Waals surface area (Å²) in [6.45, 7) is 4.99. The number of halogens is 1. The molecule has 0 bridgehead atoms. The Morgan fingerprint density at radius 2 is 2.04 bits per heavy atom. The Bertz CT molecular complexity index is 765. The number of carbonyl (C=O) groups excluding carboxylic acids is 1. The smallest absolute Gasteiger partial charge is 0.263 e. The van der Waals surface area contributed by atoms with Crippen LogP contribution in [0, 0.1) is 18.2 Å². The van der Waals surface area contributed by atoms with Crippen LogP contribution in [-0.2, 0) is 11.2 Å². The number of hydrogen-bond donors (Lipinski definition) is 2. The Labute approximate surface area is 163 Å². The molecule has 3 rings (SSSR count). The van der Waals surface area contributed by atoms with E-state index in [1.165, 1.54) is 23.5 Å². The highest BCUT2D eigenvalue weighted by molar-refractivity contribution is 7.13. The summed E-state index contributed by atoms with van der Waals surface area (Å²) in [5.74, 6) is -0.332. The molecule has 1 aromatic carbocycles. The van der Waals surface area contributed by atoms with Crippen LogP contribution in [0.3, 0.4) is 0 Å². The van der Waals surface area contributed by atoms with E-state index in [4.69, 9.17) is 4.74 Å². The maximum Gasteiger partial charge on any atom is 0.263 e. The summed E-state index contributed by atoms with van der Waals surface area (Å²) >= 11 is 1.41. The fourth-order valence-corrected chi connectivity index (χ4v) is 4.51. The SMILES string of the molecule is COCC1(CNC(=O)c2sc(Cc3ccc(F)cc3)nc2C)CCNCC1. The normalized spacial score (nSPS) is 16.3. The van der Waals surface area contributed by atoms with Crippen molar-refractivity contribution in [1.82, 2.24) is 15.6 Å². The first-order valence-corrected chi connectivity index (χ1v) is 10.0. The minimum Gasteiger partial charge on any atom is -0.384 e. The van der Waals surface area contributed by atoms with Gasteiger partial charge in [-0.15, -0.1) is 11.3 Å². The second-order valence-corrected chi connectivity index (χ2v) is 8.27. The number of aromatic nitrogens is 1. The molecule has 1 fully saturated rings. The summed E-state index contributed by atoms with van der Waals surface area (Å²) in [5, 5.41) is 7.31. The van der Waals surface area contributed by atoms with Crippen molar-refractivity contribution in [3.63, 3.8) is 0 Å². The number of methoxy groups -OCH3 is 1. The number of nitrogens with zero attached hydrogens (tertiary/aromatic N) is 1. The average molecular weight is 392 g/mol. The molecule has 27 heavy (non-hydrogen) atoms. The Morgan fingerprint density at radius 3 is 2.70 bits per heavy atom. The third-order valence-electron chi connectivity index (χ3n) is 5.05. The minimum absolute atomic E-state index is 0.00874. The summed E-state index contributed by atoms with van der Waals surface area (Å²) in [7, 11) is 1.71. The molecule has 1 amide bonds. The molecule has 0 spiro atoms. The molecule has 146 valence electrons. The summed E-state index contributed by atoms with van der Waals surface area (Å²) in [4.78, 5) is 17.9. The molecular formula is C20H26FN3O2S. The Hall–Kier alpha value is -1.83. The highest BCUT2D eigenvalue weighted by Crippen LogP contribution is 2.29. The summed E-state index contributed by atoms with van der Waals surface area (Å²) < 4.78 is 18.5. The first-order valence-electron chi connectivity index (χ1n) is 9.20. The highest BCUT2D eigenvalue weighted by atomic mass is 32.1. The van der Waals surface area contributed by atoms with Gasteiger partial charge in [-0.25, -0.2) is 9.37 Å². The Kier molecular flexibility index (Phi) is 6.57. The van der Waals surface area contributed by atoms with Crippen LogP contribution in [0.2, 0.25) is 0 Å². The van der Waals surface area contributed by atoms with Crippen LogP contribution in [0.25, 0.3) is 0 Å². The zero-order chi connectivity index (χ0) is 19.3. The first-order chi connectivity index (χ1) is 13.0. The van der Waals surface area contributed by atoms with Crippen LogP contribution < -0.4 is 10.6 Å². The number of amides is 1. The molecule has 0 radical (unpaired) electrons. The molecule has 1 aromatic heterocycles. The Morgan fingerprint density at radius 1 is 1.33 bits per heavy atom. The number of thiazole rings is 1. The number of ether oxygens (including phenoxy) is 1. The van der Waals surface area contributed by atoms with Gasteiger partial charge in [-0.2, -0.15) is 0 Å². The van der Waals surface area contributed by atoms with Gasteiger partial charge in [0.15, 0.2) is 0 Å². The van der Waals surface area contributed by atoms with E-state index in [9.17, 15) is 9.18 Å². The third kappa shape index (κ3) is 5.12. The van der Waals surface area contributed by atoms with E-state index < -0.39 is 0 Å². The van der Waals surface area contributed by atoms with Crippen molar-refractivity contribution in [3.05, 3.63) is 51.2 Å². The molecule has 1 aliphatic rings. The molecular weight excluding hydrogens is 365 g/mol. The van der Waals surface area contributed by atoms with E-state index in [-0.39, 0.29) is 17.1 Å². The number of carbonyl (C=O) groups is 1. The second-order valence-electron chi connectivity index (χ2n) is 7.19. The third-order valence-corrected chi connectivity index (χ3v) is 6.21. The molecule has 2 aromatic rings. The van der Waals surface area contributed by atoms with Gasteiger partial charge in [-0.05, 0) is 50.6 Å². The lowest BCUT2D eigenvalue weighted by atomic mass is 9.79. The largest absolute Gasteiger partial charge is 0.384 e. The second kappa shape index (κ2) is 8.91. The molecule has 2 heterocycles. The van der Waals surface area contributed by atoms with E-state index in [1.54, 1.807) is 19.2 Å².